The zero-order valence-corrected chi connectivity index (χ0v) is 16.9. The van der Waals surface area contributed by atoms with Crippen molar-refractivity contribution >= 4 is 21.6 Å². The Kier molecular flexibility index (Phi) is 6.55. The fourth-order valence-corrected chi connectivity index (χ4v) is 3.81. The van der Waals surface area contributed by atoms with Gasteiger partial charge in [-0.15, -0.1) is 0 Å². The first-order chi connectivity index (χ1) is 12.1. The lowest BCUT2D eigenvalue weighted by Crippen LogP contribution is -2.28. The number of rotatable bonds is 7. The van der Waals surface area contributed by atoms with Gasteiger partial charge < -0.3 is 9.47 Å². The van der Waals surface area contributed by atoms with Gasteiger partial charge in [-0.3, -0.25) is 0 Å². The van der Waals surface area contributed by atoms with E-state index >= 15 is 0 Å². The van der Waals surface area contributed by atoms with Crippen molar-refractivity contribution in [3.63, 3.8) is 0 Å². The number of sulfonamides is 1. The van der Waals surface area contributed by atoms with Crippen LogP contribution in [0.15, 0.2) is 47.4 Å². The number of methoxy groups -OCH3 is 1. The molecule has 1 N–H and O–H groups in total. The molecule has 0 aliphatic heterocycles. The molecular formula is C19H24ClNO4S. The molecule has 0 aromatic heterocycles. The van der Waals surface area contributed by atoms with Crippen LogP contribution in [-0.4, -0.2) is 28.7 Å². The SMILES string of the molecule is COc1ccc(S(=O)(=O)NCCOc2ccccc2C(C)(C)C)cc1Cl. The van der Waals surface area contributed by atoms with Crippen LogP contribution in [-0.2, 0) is 15.4 Å². The van der Waals surface area contributed by atoms with E-state index in [2.05, 4.69) is 25.5 Å². The van der Waals surface area contributed by atoms with Crippen LogP contribution in [0.5, 0.6) is 11.5 Å². The van der Waals surface area contributed by atoms with Gasteiger partial charge in [0.2, 0.25) is 10.0 Å². The highest BCUT2D eigenvalue weighted by molar-refractivity contribution is 7.89. The molecule has 0 bridgehead atoms. The molecule has 0 radical (unpaired) electrons. The first-order valence-corrected chi connectivity index (χ1v) is 10.1. The molecule has 142 valence electrons. The van der Waals surface area contributed by atoms with Crippen LogP contribution >= 0.6 is 11.6 Å². The maximum absolute atomic E-state index is 12.4. The van der Waals surface area contributed by atoms with Gasteiger partial charge in [-0.2, -0.15) is 0 Å². The van der Waals surface area contributed by atoms with Gasteiger partial charge in [0, 0.05) is 6.54 Å². The largest absolute Gasteiger partial charge is 0.495 e. The highest BCUT2D eigenvalue weighted by atomic mass is 35.5. The Morgan fingerprint density at radius 2 is 1.77 bits per heavy atom. The van der Waals surface area contributed by atoms with Crippen LogP contribution in [0, 0.1) is 0 Å². The fourth-order valence-electron chi connectivity index (χ4n) is 2.45. The van der Waals surface area contributed by atoms with Crippen molar-refractivity contribution in [2.24, 2.45) is 0 Å². The summed E-state index contributed by atoms with van der Waals surface area (Å²) in [6.45, 7) is 6.67. The maximum atomic E-state index is 12.4. The Balaban J connectivity index is 1.99. The first-order valence-electron chi connectivity index (χ1n) is 8.20. The second-order valence-corrected chi connectivity index (χ2v) is 8.96. The maximum Gasteiger partial charge on any atom is 0.240 e. The Morgan fingerprint density at radius 1 is 1.08 bits per heavy atom. The average molecular weight is 398 g/mol. The van der Waals surface area contributed by atoms with Gasteiger partial charge in [0.05, 0.1) is 17.0 Å². The van der Waals surface area contributed by atoms with Gasteiger partial charge in [-0.1, -0.05) is 50.6 Å². The molecule has 0 amide bonds. The molecule has 0 spiro atoms. The summed E-state index contributed by atoms with van der Waals surface area (Å²) in [6, 6.07) is 12.1. The van der Waals surface area contributed by atoms with Crippen LogP contribution in [0.3, 0.4) is 0 Å². The van der Waals surface area contributed by atoms with Crippen molar-refractivity contribution in [3.8, 4) is 11.5 Å². The summed E-state index contributed by atoms with van der Waals surface area (Å²) in [5, 5.41) is 0.241. The molecule has 2 aromatic carbocycles. The molecule has 0 aliphatic carbocycles. The van der Waals surface area contributed by atoms with E-state index in [1.54, 1.807) is 0 Å². The summed E-state index contributed by atoms with van der Waals surface area (Å²) in [4.78, 5) is 0.0818. The zero-order valence-electron chi connectivity index (χ0n) is 15.4. The van der Waals surface area contributed by atoms with Gasteiger partial charge in [-0.05, 0) is 35.2 Å². The quantitative estimate of drug-likeness (QED) is 0.717. The summed E-state index contributed by atoms with van der Waals surface area (Å²) < 4.78 is 38.0. The molecule has 0 saturated heterocycles. The summed E-state index contributed by atoms with van der Waals surface area (Å²) in [6.07, 6.45) is 0. The molecule has 0 heterocycles. The zero-order chi connectivity index (χ0) is 19.4. The number of ether oxygens (including phenoxy) is 2. The van der Waals surface area contributed by atoms with E-state index in [-0.39, 0.29) is 28.5 Å². The Labute approximate surface area is 160 Å². The lowest BCUT2D eigenvalue weighted by atomic mass is 9.86. The molecule has 26 heavy (non-hydrogen) atoms. The number of nitrogens with one attached hydrogen (secondary N) is 1. The van der Waals surface area contributed by atoms with Gasteiger partial charge in [-0.25, -0.2) is 13.1 Å². The van der Waals surface area contributed by atoms with Crippen LogP contribution in [0.4, 0.5) is 0 Å². The van der Waals surface area contributed by atoms with E-state index in [0.29, 0.717) is 5.75 Å². The minimum Gasteiger partial charge on any atom is -0.495 e. The van der Waals surface area contributed by atoms with Crippen molar-refractivity contribution in [2.75, 3.05) is 20.3 Å². The van der Waals surface area contributed by atoms with E-state index in [0.717, 1.165) is 11.3 Å². The standard InChI is InChI=1S/C19H24ClNO4S/c1-19(2,3)15-7-5-6-8-17(15)25-12-11-21-26(22,23)14-9-10-18(24-4)16(20)13-14/h5-10,13,21H,11-12H2,1-4H3. The summed E-state index contributed by atoms with van der Waals surface area (Å²) in [7, 11) is -2.20. The van der Waals surface area contributed by atoms with E-state index in [4.69, 9.17) is 21.1 Å². The summed E-state index contributed by atoms with van der Waals surface area (Å²) in [5.41, 5.74) is 1.01. The Bertz CT molecular complexity index is 860. The number of halogens is 1. The van der Waals surface area contributed by atoms with Crippen molar-refractivity contribution in [1.29, 1.82) is 0 Å². The average Bonchev–Trinajstić information content (AvgIpc) is 2.58. The predicted molar refractivity (Wildman–Crippen MR) is 104 cm³/mol. The third kappa shape index (κ3) is 5.13. The Hall–Kier alpha value is -1.76. The highest BCUT2D eigenvalue weighted by Crippen LogP contribution is 2.31. The van der Waals surface area contributed by atoms with E-state index in [1.807, 2.05) is 24.3 Å². The predicted octanol–water partition coefficient (Wildman–Crippen LogP) is 4.00. The topological polar surface area (TPSA) is 64.6 Å². The van der Waals surface area contributed by atoms with E-state index in [9.17, 15) is 8.42 Å². The van der Waals surface area contributed by atoms with Crippen molar-refractivity contribution in [3.05, 3.63) is 53.1 Å². The monoisotopic (exact) mass is 397 g/mol. The van der Waals surface area contributed by atoms with Crippen molar-refractivity contribution < 1.29 is 17.9 Å². The second-order valence-electron chi connectivity index (χ2n) is 6.79. The Morgan fingerprint density at radius 3 is 2.38 bits per heavy atom. The van der Waals surface area contributed by atoms with E-state index in [1.165, 1.54) is 25.3 Å². The third-order valence-corrected chi connectivity index (χ3v) is 5.53. The first kappa shape index (κ1) is 20.6. The number of benzene rings is 2. The van der Waals surface area contributed by atoms with Crippen LogP contribution in [0.2, 0.25) is 5.02 Å². The highest BCUT2D eigenvalue weighted by Gasteiger charge is 2.19. The van der Waals surface area contributed by atoms with Gasteiger partial charge in [0.25, 0.3) is 0 Å². The molecule has 2 aromatic rings. The molecule has 2 rings (SSSR count). The number of hydrogen-bond acceptors (Lipinski definition) is 4. The van der Waals surface area contributed by atoms with Crippen LogP contribution in [0.1, 0.15) is 26.3 Å². The van der Waals surface area contributed by atoms with Crippen LogP contribution in [0.25, 0.3) is 0 Å². The van der Waals surface area contributed by atoms with Crippen molar-refractivity contribution in [1.82, 2.24) is 4.72 Å². The lowest BCUT2D eigenvalue weighted by molar-refractivity contribution is 0.314. The van der Waals surface area contributed by atoms with Gasteiger partial charge in [0.1, 0.15) is 18.1 Å². The minimum atomic E-state index is -3.67. The number of para-hydroxylation sites is 1. The lowest BCUT2D eigenvalue weighted by Gasteiger charge is -2.22. The minimum absolute atomic E-state index is 0.0596. The molecular weight excluding hydrogens is 374 g/mol. The summed E-state index contributed by atoms with van der Waals surface area (Å²) >= 11 is 6.00. The molecule has 0 aliphatic rings. The molecule has 0 saturated carbocycles. The molecule has 0 fully saturated rings. The smallest absolute Gasteiger partial charge is 0.240 e. The fraction of sp³-hybridized carbons (Fsp3) is 0.368. The normalized spacial score (nSPS) is 12.0. The molecule has 0 unspecified atom stereocenters. The summed E-state index contributed by atoms with van der Waals surface area (Å²) in [5.74, 6) is 1.18. The third-order valence-electron chi connectivity index (χ3n) is 3.78. The second kappa shape index (κ2) is 8.29. The van der Waals surface area contributed by atoms with E-state index < -0.39 is 10.0 Å². The molecule has 7 heteroatoms. The number of hydrogen-bond donors (Lipinski definition) is 1. The molecule has 5 nitrogen and oxygen atoms in total. The van der Waals surface area contributed by atoms with Gasteiger partial charge >= 0.3 is 0 Å². The van der Waals surface area contributed by atoms with Crippen molar-refractivity contribution in [2.45, 2.75) is 31.1 Å². The van der Waals surface area contributed by atoms with Gasteiger partial charge in [0.15, 0.2) is 0 Å². The molecule has 0 atom stereocenters. The van der Waals surface area contributed by atoms with Crippen LogP contribution < -0.4 is 14.2 Å².